The van der Waals surface area contributed by atoms with Crippen molar-refractivity contribution in [2.24, 2.45) is 0 Å². The van der Waals surface area contributed by atoms with Gasteiger partial charge in [-0.2, -0.15) is 0 Å². The minimum absolute atomic E-state index is 0.159. The normalized spacial score (nSPS) is 10.0. The molecule has 0 spiro atoms. The minimum atomic E-state index is -0.252. The second-order valence-corrected chi connectivity index (χ2v) is 5.35. The van der Waals surface area contributed by atoms with Gasteiger partial charge in [0, 0.05) is 24.5 Å². The molecule has 0 radical (unpaired) electrons. The first-order valence-corrected chi connectivity index (χ1v) is 7.06. The maximum absolute atomic E-state index is 12.2. The van der Waals surface area contributed by atoms with Gasteiger partial charge in [-0.05, 0) is 52.7 Å². The standard InChI is InChI=1S/C15H14BrN3O2/c1-9-3-5-12(18-10(2)20)7-13(9)19-15(21)11-4-6-14(16)17-8-11/h3-8H,1-2H3,(H,18,20)(H,19,21). The highest BCUT2D eigenvalue weighted by atomic mass is 79.9. The predicted octanol–water partition coefficient (Wildman–Crippen LogP) is 3.36. The molecule has 1 aromatic heterocycles. The van der Waals surface area contributed by atoms with Gasteiger partial charge in [-0.25, -0.2) is 4.98 Å². The van der Waals surface area contributed by atoms with Crippen LogP contribution in [0.3, 0.4) is 0 Å². The second kappa shape index (κ2) is 6.49. The van der Waals surface area contributed by atoms with Gasteiger partial charge in [0.15, 0.2) is 0 Å². The first-order chi connectivity index (χ1) is 9.95. The monoisotopic (exact) mass is 347 g/mol. The molecule has 0 fully saturated rings. The molecule has 0 aliphatic carbocycles. The van der Waals surface area contributed by atoms with Gasteiger partial charge in [0.2, 0.25) is 5.91 Å². The number of hydrogen-bond donors (Lipinski definition) is 2. The quantitative estimate of drug-likeness (QED) is 0.836. The molecule has 0 bridgehead atoms. The molecule has 0 atom stereocenters. The number of nitrogens with zero attached hydrogens (tertiary/aromatic N) is 1. The summed E-state index contributed by atoms with van der Waals surface area (Å²) in [7, 11) is 0. The van der Waals surface area contributed by atoms with E-state index in [0.29, 0.717) is 21.5 Å². The van der Waals surface area contributed by atoms with Crippen LogP contribution in [0.15, 0.2) is 41.1 Å². The number of hydrogen-bond acceptors (Lipinski definition) is 3. The summed E-state index contributed by atoms with van der Waals surface area (Å²) >= 11 is 3.22. The van der Waals surface area contributed by atoms with Crippen molar-refractivity contribution in [1.82, 2.24) is 4.98 Å². The highest BCUT2D eigenvalue weighted by Gasteiger charge is 2.09. The molecule has 2 rings (SSSR count). The number of benzene rings is 1. The summed E-state index contributed by atoms with van der Waals surface area (Å²) in [5.41, 5.74) is 2.65. The lowest BCUT2D eigenvalue weighted by atomic mass is 10.1. The Hall–Kier alpha value is -2.21. The van der Waals surface area contributed by atoms with Crippen LogP contribution in [0.25, 0.3) is 0 Å². The molecule has 0 aliphatic rings. The van der Waals surface area contributed by atoms with E-state index in [1.807, 2.05) is 13.0 Å². The first kappa shape index (κ1) is 15.2. The van der Waals surface area contributed by atoms with Crippen LogP contribution in [0.5, 0.6) is 0 Å². The lowest BCUT2D eigenvalue weighted by Crippen LogP contribution is -2.14. The molecule has 21 heavy (non-hydrogen) atoms. The van der Waals surface area contributed by atoms with Crippen LogP contribution in [-0.4, -0.2) is 16.8 Å². The zero-order chi connectivity index (χ0) is 15.4. The van der Waals surface area contributed by atoms with Gasteiger partial charge >= 0.3 is 0 Å². The van der Waals surface area contributed by atoms with Gasteiger partial charge in [0.05, 0.1) is 5.56 Å². The van der Waals surface area contributed by atoms with Crippen LogP contribution >= 0.6 is 15.9 Å². The van der Waals surface area contributed by atoms with Crippen molar-refractivity contribution in [1.29, 1.82) is 0 Å². The number of aryl methyl sites for hydroxylation is 1. The number of nitrogens with one attached hydrogen (secondary N) is 2. The number of carbonyl (C=O) groups excluding carboxylic acids is 2. The van der Waals surface area contributed by atoms with Gasteiger partial charge in [-0.15, -0.1) is 0 Å². The van der Waals surface area contributed by atoms with E-state index >= 15 is 0 Å². The lowest BCUT2D eigenvalue weighted by Gasteiger charge is -2.11. The first-order valence-electron chi connectivity index (χ1n) is 6.27. The Morgan fingerprint density at radius 1 is 1.14 bits per heavy atom. The highest BCUT2D eigenvalue weighted by Crippen LogP contribution is 2.21. The summed E-state index contributed by atoms with van der Waals surface area (Å²) in [6.45, 7) is 3.32. The molecule has 2 aromatic rings. The van der Waals surface area contributed by atoms with E-state index in [9.17, 15) is 9.59 Å². The summed E-state index contributed by atoms with van der Waals surface area (Å²) in [4.78, 5) is 27.3. The van der Waals surface area contributed by atoms with Gasteiger partial charge in [-0.3, -0.25) is 9.59 Å². The zero-order valence-corrected chi connectivity index (χ0v) is 13.2. The topological polar surface area (TPSA) is 71.1 Å². The number of amides is 2. The molecule has 2 N–H and O–H groups in total. The van der Waals surface area contributed by atoms with Crippen molar-refractivity contribution in [3.05, 3.63) is 52.3 Å². The van der Waals surface area contributed by atoms with E-state index in [1.165, 1.54) is 13.1 Å². The number of halogens is 1. The van der Waals surface area contributed by atoms with E-state index < -0.39 is 0 Å². The average molecular weight is 348 g/mol. The Bertz CT molecular complexity index is 684. The third-order valence-electron chi connectivity index (χ3n) is 2.80. The zero-order valence-electron chi connectivity index (χ0n) is 11.6. The summed E-state index contributed by atoms with van der Waals surface area (Å²) in [6.07, 6.45) is 1.49. The molecule has 1 heterocycles. The maximum atomic E-state index is 12.2. The Morgan fingerprint density at radius 2 is 1.90 bits per heavy atom. The van der Waals surface area contributed by atoms with E-state index in [1.54, 1.807) is 24.3 Å². The van der Waals surface area contributed by atoms with Crippen molar-refractivity contribution >= 4 is 39.1 Å². The largest absolute Gasteiger partial charge is 0.326 e. The van der Waals surface area contributed by atoms with Crippen molar-refractivity contribution in [2.45, 2.75) is 13.8 Å². The predicted molar refractivity (Wildman–Crippen MR) is 85.4 cm³/mol. The fourth-order valence-corrected chi connectivity index (χ4v) is 1.98. The molecule has 2 amide bonds. The van der Waals surface area contributed by atoms with Crippen LogP contribution in [0.1, 0.15) is 22.8 Å². The smallest absolute Gasteiger partial charge is 0.257 e. The number of rotatable bonds is 3. The van der Waals surface area contributed by atoms with Crippen LogP contribution in [0.4, 0.5) is 11.4 Å². The number of carbonyl (C=O) groups is 2. The molecule has 0 saturated heterocycles. The molecule has 5 nitrogen and oxygen atoms in total. The van der Waals surface area contributed by atoms with Gasteiger partial charge < -0.3 is 10.6 Å². The Morgan fingerprint density at radius 3 is 2.52 bits per heavy atom. The number of pyridine rings is 1. The SMILES string of the molecule is CC(=O)Nc1ccc(C)c(NC(=O)c2ccc(Br)nc2)c1. The second-order valence-electron chi connectivity index (χ2n) is 4.53. The van der Waals surface area contributed by atoms with Gasteiger partial charge in [0.25, 0.3) is 5.91 Å². The van der Waals surface area contributed by atoms with Crippen LogP contribution in [-0.2, 0) is 4.79 Å². The lowest BCUT2D eigenvalue weighted by molar-refractivity contribution is -0.114. The third-order valence-corrected chi connectivity index (χ3v) is 3.26. The Kier molecular flexibility index (Phi) is 4.70. The fourth-order valence-electron chi connectivity index (χ4n) is 1.74. The molecule has 0 aliphatic heterocycles. The van der Waals surface area contributed by atoms with Crippen molar-refractivity contribution < 1.29 is 9.59 Å². The van der Waals surface area contributed by atoms with E-state index in [-0.39, 0.29) is 11.8 Å². The van der Waals surface area contributed by atoms with Crippen LogP contribution in [0.2, 0.25) is 0 Å². The summed E-state index contributed by atoms with van der Waals surface area (Å²) in [5, 5.41) is 5.50. The third kappa shape index (κ3) is 4.13. The summed E-state index contributed by atoms with van der Waals surface area (Å²) in [5.74, 6) is -0.411. The van der Waals surface area contributed by atoms with E-state index in [0.717, 1.165) is 5.56 Å². The summed E-state index contributed by atoms with van der Waals surface area (Å²) in [6, 6.07) is 8.73. The fraction of sp³-hybridized carbons (Fsp3) is 0.133. The number of aromatic nitrogens is 1. The molecule has 108 valence electrons. The minimum Gasteiger partial charge on any atom is -0.326 e. The van der Waals surface area contributed by atoms with E-state index in [2.05, 4.69) is 31.5 Å². The van der Waals surface area contributed by atoms with Crippen molar-refractivity contribution in [2.75, 3.05) is 10.6 Å². The van der Waals surface area contributed by atoms with Crippen LogP contribution < -0.4 is 10.6 Å². The van der Waals surface area contributed by atoms with Crippen molar-refractivity contribution in [3.8, 4) is 0 Å². The van der Waals surface area contributed by atoms with Crippen molar-refractivity contribution in [3.63, 3.8) is 0 Å². The van der Waals surface area contributed by atoms with Gasteiger partial charge in [-0.1, -0.05) is 6.07 Å². The molecule has 6 heteroatoms. The number of anilines is 2. The van der Waals surface area contributed by atoms with Crippen LogP contribution in [0, 0.1) is 6.92 Å². The average Bonchev–Trinajstić information content (AvgIpc) is 2.42. The molecule has 1 aromatic carbocycles. The maximum Gasteiger partial charge on any atom is 0.257 e. The molecule has 0 saturated carbocycles. The summed E-state index contributed by atoms with van der Waals surface area (Å²) < 4.78 is 0.669. The van der Waals surface area contributed by atoms with Gasteiger partial charge in [0.1, 0.15) is 4.60 Å². The molecule has 0 unspecified atom stereocenters. The highest BCUT2D eigenvalue weighted by molar-refractivity contribution is 9.10. The molecular formula is C15H14BrN3O2. The Balaban J connectivity index is 2.20. The molecular weight excluding hydrogens is 334 g/mol. The Labute approximate surface area is 130 Å². The van der Waals surface area contributed by atoms with E-state index in [4.69, 9.17) is 0 Å².